The van der Waals surface area contributed by atoms with E-state index in [9.17, 15) is 4.79 Å². The van der Waals surface area contributed by atoms with Gasteiger partial charge in [0, 0.05) is 34.1 Å². The number of nitrogens with zero attached hydrogens (tertiary/aromatic N) is 1. The summed E-state index contributed by atoms with van der Waals surface area (Å²) in [5, 5.41) is 7.35. The first-order valence-electron chi connectivity index (χ1n) is 8.23. The number of fused-ring (bicyclic) bond motifs is 4. The number of ether oxygens (including phenoxy) is 1. The van der Waals surface area contributed by atoms with Crippen molar-refractivity contribution in [1.29, 1.82) is 0 Å². The second kappa shape index (κ2) is 8.13. The summed E-state index contributed by atoms with van der Waals surface area (Å²) >= 11 is 0. The lowest BCUT2D eigenvalue weighted by atomic mass is 9.97. The minimum Gasteiger partial charge on any atom is -0.426 e. The first kappa shape index (κ1) is 21.0. The van der Waals surface area contributed by atoms with E-state index < -0.39 is 0 Å². The maximum absolute atomic E-state index is 11.7. The van der Waals surface area contributed by atoms with Gasteiger partial charge in [0.2, 0.25) is 0 Å². The third-order valence-corrected chi connectivity index (χ3v) is 4.70. The van der Waals surface area contributed by atoms with Crippen molar-refractivity contribution in [1.82, 2.24) is 15.3 Å². The number of pyridine rings is 1. The van der Waals surface area contributed by atoms with Gasteiger partial charge in [0.25, 0.3) is 0 Å². The Morgan fingerprint density at radius 2 is 1.89 bits per heavy atom. The van der Waals surface area contributed by atoms with Gasteiger partial charge < -0.3 is 15.0 Å². The molecule has 0 aliphatic rings. The van der Waals surface area contributed by atoms with Gasteiger partial charge in [-0.3, -0.25) is 9.78 Å². The molecule has 2 heterocycles. The van der Waals surface area contributed by atoms with Crippen LogP contribution in [0.3, 0.4) is 0 Å². The highest BCUT2D eigenvalue weighted by Crippen LogP contribution is 2.37. The third-order valence-electron chi connectivity index (χ3n) is 4.70. The highest BCUT2D eigenvalue weighted by Gasteiger charge is 2.15. The van der Waals surface area contributed by atoms with Gasteiger partial charge in [-0.25, -0.2) is 0 Å². The van der Waals surface area contributed by atoms with Crippen LogP contribution < -0.4 is 10.1 Å². The van der Waals surface area contributed by atoms with Crippen molar-refractivity contribution < 1.29 is 9.53 Å². The SMILES string of the molecule is CNCC(=O)Oc1ccc2[nH]c3c(C)c4ccncc4c(C)c3c2c1.Cl.Cl. The standard InChI is InChI=1S/C20H19N3O2.2ClH/c1-11-16-9-22-7-6-14(16)12(2)20-19(11)15-8-13(4-5-17(15)23-20)25-18(24)10-21-3;;/h4-9,21,23H,10H2,1-3H3;2*1H. The Morgan fingerprint density at radius 3 is 2.63 bits per heavy atom. The van der Waals surface area contributed by atoms with E-state index in [1.807, 2.05) is 36.7 Å². The van der Waals surface area contributed by atoms with Crippen molar-refractivity contribution >= 4 is 63.4 Å². The van der Waals surface area contributed by atoms with Gasteiger partial charge in [-0.05, 0) is 61.7 Å². The van der Waals surface area contributed by atoms with Crippen molar-refractivity contribution in [2.24, 2.45) is 0 Å². The molecule has 0 aliphatic carbocycles. The van der Waals surface area contributed by atoms with Crippen LogP contribution in [-0.2, 0) is 4.79 Å². The molecule has 0 saturated carbocycles. The first-order chi connectivity index (χ1) is 12.1. The molecule has 4 rings (SSSR count). The van der Waals surface area contributed by atoms with E-state index in [4.69, 9.17) is 4.74 Å². The van der Waals surface area contributed by atoms with Gasteiger partial charge in [-0.1, -0.05) is 0 Å². The molecule has 2 aromatic heterocycles. The van der Waals surface area contributed by atoms with Crippen molar-refractivity contribution in [3.63, 3.8) is 0 Å². The molecule has 2 aromatic carbocycles. The highest BCUT2D eigenvalue weighted by molar-refractivity contribution is 6.16. The fraction of sp³-hybridized carbons (Fsp3) is 0.200. The number of halogens is 2. The lowest BCUT2D eigenvalue weighted by Crippen LogP contribution is -2.23. The van der Waals surface area contributed by atoms with Crippen molar-refractivity contribution in [3.8, 4) is 5.75 Å². The van der Waals surface area contributed by atoms with Gasteiger partial charge >= 0.3 is 5.97 Å². The predicted octanol–water partition coefficient (Wildman–Crippen LogP) is 4.45. The Hall–Kier alpha value is -2.34. The Bertz CT molecular complexity index is 1140. The molecule has 7 heteroatoms. The lowest BCUT2D eigenvalue weighted by molar-refractivity contribution is -0.133. The molecule has 5 nitrogen and oxygen atoms in total. The molecule has 0 unspecified atom stereocenters. The van der Waals surface area contributed by atoms with Crippen LogP contribution in [0.4, 0.5) is 0 Å². The molecule has 27 heavy (non-hydrogen) atoms. The van der Waals surface area contributed by atoms with Crippen LogP contribution in [0, 0.1) is 13.8 Å². The Kier molecular flexibility index (Phi) is 6.31. The minimum absolute atomic E-state index is 0. The summed E-state index contributed by atoms with van der Waals surface area (Å²) < 4.78 is 5.41. The summed E-state index contributed by atoms with van der Waals surface area (Å²) in [6.07, 6.45) is 3.73. The number of carbonyl (C=O) groups is 1. The summed E-state index contributed by atoms with van der Waals surface area (Å²) in [7, 11) is 1.72. The van der Waals surface area contributed by atoms with Crippen LogP contribution in [0.25, 0.3) is 32.6 Å². The van der Waals surface area contributed by atoms with E-state index in [0.29, 0.717) is 5.75 Å². The number of aromatic nitrogens is 2. The number of hydrogen-bond donors (Lipinski definition) is 2. The molecular weight excluding hydrogens is 385 g/mol. The zero-order valence-electron chi connectivity index (χ0n) is 15.3. The van der Waals surface area contributed by atoms with Crippen LogP contribution in [0.15, 0.2) is 36.7 Å². The minimum atomic E-state index is -0.302. The van der Waals surface area contributed by atoms with E-state index >= 15 is 0 Å². The number of aromatic amines is 1. The van der Waals surface area contributed by atoms with E-state index in [2.05, 4.69) is 29.1 Å². The van der Waals surface area contributed by atoms with Crippen LogP contribution in [0.1, 0.15) is 11.1 Å². The highest BCUT2D eigenvalue weighted by atomic mass is 35.5. The van der Waals surface area contributed by atoms with Crippen LogP contribution in [0.5, 0.6) is 5.75 Å². The van der Waals surface area contributed by atoms with Crippen LogP contribution >= 0.6 is 24.8 Å². The normalized spacial score (nSPS) is 10.6. The van der Waals surface area contributed by atoms with Gasteiger partial charge in [-0.15, -0.1) is 24.8 Å². The number of likely N-dealkylation sites (N-methyl/N-ethyl adjacent to an activating group) is 1. The number of H-pyrrole nitrogens is 1. The summed E-state index contributed by atoms with van der Waals surface area (Å²) in [6.45, 7) is 4.41. The number of esters is 1. The monoisotopic (exact) mass is 405 g/mol. The van der Waals surface area contributed by atoms with Crippen molar-refractivity contribution in [2.75, 3.05) is 13.6 Å². The van der Waals surface area contributed by atoms with Crippen LogP contribution in [0.2, 0.25) is 0 Å². The molecule has 142 valence electrons. The molecule has 4 aromatic rings. The topological polar surface area (TPSA) is 67.0 Å². The second-order valence-electron chi connectivity index (χ2n) is 6.26. The van der Waals surface area contributed by atoms with E-state index in [-0.39, 0.29) is 37.3 Å². The number of carbonyl (C=O) groups excluding carboxylic acids is 1. The van der Waals surface area contributed by atoms with Crippen molar-refractivity contribution in [2.45, 2.75) is 13.8 Å². The smallest absolute Gasteiger partial charge is 0.325 e. The molecule has 0 bridgehead atoms. The van der Waals surface area contributed by atoms with Gasteiger partial charge in [0.15, 0.2) is 0 Å². The summed E-state index contributed by atoms with van der Waals surface area (Å²) in [5.41, 5.74) is 4.51. The number of benzene rings is 2. The Balaban J connectivity index is 0.00000131. The maximum Gasteiger partial charge on any atom is 0.325 e. The molecule has 0 spiro atoms. The van der Waals surface area contributed by atoms with E-state index in [1.165, 1.54) is 16.5 Å². The van der Waals surface area contributed by atoms with Gasteiger partial charge in [-0.2, -0.15) is 0 Å². The third kappa shape index (κ3) is 3.46. The van der Waals surface area contributed by atoms with E-state index in [1.54, 1.807) is 7.05 Å². The fourth-order valence-corrected chi connectivity index (χ4v) is 3.51. The molecule has 0 atom stereocenters. The molecule has 0 saturated heterocycles. The van der Waals surface area contributed by atoms with E-state index in [0.717, 1.165) is 27.2 Å². The van der Waals surface area contributed by atoms with Crippen molar-refractivity contribution in [3.05, 3.63) is 47.8 Å². The number of aryl methyl sites for hydroxylation is 2. The molecule has 0 amide bonds. The molecule has 0 aliphatic heterocycles. The molecule has 0 radical (unpaired) electrons. The maximum atomic E-state index is 11.7. The number of hydrogen-bond acceptors (Lipinski definition) is 4. The summed E-state index contributed by atoms with van der Waals surface area (Å²) in [6, 6.07) is 7.75. The molecule has 0 fully saturated rings. The number of rotatable bonds is 3. The van der Waals surface area contributed by atoms with Crippen LogP contribution in [-0.4, -0.2) is 29.5 Å². The lowest BCUT2D eigenvalue weighted by Gasteiger charge is -2.08. The summed E-state index contributed by atoms with van der Waals surface area (Å²) in [4.78, 5) is 19.5. The second-order valence-corrected chi connectivity index (χ2v) is 6.26. The summed E-state index contributed by atoms with van der Waals surface area (Å²) in [5.74, 6) is 0.251. The largest absolute Gasteiger partial charge is 0.426 e. The zero-order valence-corrected chi connectivity index (χ0v) is 16.9. The Labute approximate surface area is 169 Å². The number of nitrogens with one attached hydrogen (secondary N) is 2. The fourth-order valence-electron chi connectivity index (χ4n) is 3.51. The average Bonchev–Trinajstić information content (AvgIpc) is 2.99. The van der Waals surface area contributed by atoms with Gasteiger partial charge in [0.1, 0.15) is 5.75 Å². The predicted molar refractivity (Wildman–Crippen MR) is 115 cm³/mol. The quantitative estimate of drug-likeness (QED) is 0.390. The average molecular weight is 406 g/mol. The first-order valence-corrected chi connectivity index (χ1v) is 8.23. The Morgan fingerprint density at radius 1 is 1.11 bits per heavy atom. The molecule has 2 N–H and O–H groups in total. The zero-order chi connectivity index (χ0) is 17.6. The molecular formula is C20H21Cl2N3O2. The van der Waals surface area contributed by atoms with Gasteiger partial charge in [0.05, 0.1) is 12.1 Å².